The van der Waals surface area contributed by atoms with Gasteiger partial charge in [0.2, 0.25) is 0 Å². The second-order valence-electron chi connectivity index (χ2n) is 7.08. The standard InChI is InChI=1S/C13H27N3O3Si/c1-8-11(17)10(15-16-14)12(9(2)18-8)19-20(6,7)13(3,4)5/h8-12,17H,1-7H3/t8-,9+,10+,11-,12+/m0/s1. The molecule has 5 atom stereocenters. The summed E-state index contributed by atoms with van der Waals surface area (Å²) in [6.07, 6.45) is -1.81. The van der Waals surface area contributed by atoms with Crippen molar-refractivity contribution in [3.05, 3.63) is 10.4 Å². The van der Waals surface area contributed by atoms with Gasteiger partial charge in [0.15, 0.2) is 8.32 Å². The van der Waals surface area contributed by atoms with Crippen molar-refractivity contribution in [2.24, 2.45) is 5.11 Å². The summed E-state index contributed by atoms with van der Waals surface area (Å²) in [5.41, 5.74) is 8.75. The quantitative estimate of drug-likeness (QED) is 0.376. The van der Waals surface area contributed by atoms with Gasteiger partial charge in [-0.05, 0) is 37.5 Å². The average Bonchev–Trinajstić information content (AvgIpc) is 2.29. The molecule has 0 aromatic rings. The number of hydrogen-bond acceptors (Lipinski definition) is 4. The Morgan fingerprint density at radius 1 is 1.25 bits per heavy atom. The number of aliphatic hydroxyl groups is 1. The molecule has 1 aliphatic rings. The third-order valence-electron chi connectivity index (χ3n) is 4.48. The summed E-state index contributed by atoms with van der Waals surface area (Å²) in [7, 11) is -2.03. The van der Waals surface area contributed by atoms with Crippen LogP contribution in [0.1, 0.15) is 34.6 Å². The topological polar surface area (TPSA) is 87.5 Å². The van der Waals surface area contributed by atoms with Crippen LogP contribution in [0.2, 0.25) is 18.1 Å². The second-order valence-corrected chi connectivity index (χ2v) is 11.8. The minimum atomic E-state index is -2.03. The summed E-state index contributed by atoms with van der Waals surface area (Å²) in [6, 6.07) is -0.604. The monoisotopic (exact) mass is 301 g/mol. The van der Waals surface area contributed by atoms with Crippen LogP contribution in [0.3, 0.4) is 0 Å². The van der Waals surface area contributed by atoms with Gasteiger partial charge in [-0.2, -0.15) is 0 Å². The van der Waals surface area contributed by atoms with Crippen molar-refractivity contribution in [1.29, 1.82) is 0 Å². The van der Waals surface area contributed by atoms with Gasteiger partial charge in [0, 0.05) is 4.91 Å². The van der Waals surface area contributed by atoms with Crippen molar-refractivity contribution in [2.75, 3.05) is 0 Å². The summed E-state index contributed by atoms with van der Waals surface area (Å²) >= 11 is 0. The molecule has 0 unspecified atom stereocenters. The van der Waals surface area contributed by atoms with Crippen molar-refractivity contribution >= 4 is 8.32 Å². The number of aliphatic hydroxyl groups excluding tert-OH is 1. The van der Waals surface area contributed by atoms with Crippen molar-refractivity contribution < 1.29 is 14.3 Å². The first-order valence-electron chi connectivity index (χ1n) is 7.07. The minimum absolute atomic E-state index is 0.0433. The fraction of sp³-hybridized carbons (Fsp3) is 1.00. The Balaban J connectivity index is 3.03. The molecule has 20 heavy (non-hydrogen) atoms. The van der Waals surface area contributed by atoms with Crippen LogP contribution in [0.15, 0.2) is 5.11 Å². The molecule has 1 rings (SSSR count). The fourth-order valence-electron chi connectivity index (χ4n) is 2.12. The van der Waals surface area contributed by atoms with Gasteiger partial charge in [0.1, 0.15) is 0 Å². The van der Waals surface area contributed by atoms with Crippen LogP contribution in [-0.4, -0.2) is 43.9 Å². The highest BCUT2D eigenvalue weighted by Crippen LogP contribution is 2.39. The zero-order chi connectivity index (χ0) is 15.7. The normalized spacial score (nSPS) is 35.5. The molecule has 116 valence electrons. The lowest BCUT2D eigenvalue weighted by atomic mass is 9.95. The maximum atomic E-state index is 10.2. The molecule has 0 spiro atoms. The first-order valence-corrected chi connectivity index (χ1v) is 9.97. The zero-order valence-electron chi connectivity index (χ0n) is 13.5. The maximum absolute atomic E-state index is 10.2. The van der Waals surface area contributed by atoms with Crippen molar-refractivity contribution in [3.63, 3.8) is 0 Å². The van der Waals surface area contributed by atoms with Crippen LogP contribution in [0.5, 0.6) is 0 Å². The smallest absolute Gasteiger partial charge is 0.192 e. The molecule has 1 saturated heterocycles. The summed E-state index contributed by atoms with van der Waals surface area (Å²) in [6.45, 7) is 14.4. The van der Waals surface area contributed by atoms with Gasteiger partial charge < -0.3 is 14.3 Å². The Labute approximate surface area is 122 Å². The minimum Gasteiger partial charge on any atom is -0.411 e. The fourth-order valence-corrected chi connectivity index (χ4v) is 3.49. The lowest BCUT2D eigenvalue weighted by Gasteiger charge is -2.47. The first kappa shape index (κ1) is 17.5. The van der Waals surface area contributed by atoms with Crippen LogP contribution >= 0.6 is 0 Å². The number of hydrogen-bond donors (Lipinski definition) is 1. The van der Waals surface area contributed by atoms with Crippen LogP contribution in [-0.2, 0) is 9.16 Å². The molecule has 1 N–H and O–H groups in total. The van der Waals surface area contributed by atoms with Gasteiger partial charge >= 0.3 is 0 Å². The molecule has 1 heterocycles. The van der Waals surface area contributed by atoms with E-state index in [1.807, 2.05) is 6.92 Å². The largest absolute Gasteiger partial charge is 0.411 e. The molecule has 0 saturated carbocycles. The molecule has 0 aromatic carbocycles. The molecule has 1 fully saturated rings. The molecule has 7 heteroatoms. The van der Waals surface area contributed by atoms with E-state index in [-0.39, 0.29) is 17.2 Å². The molecule has 0 bridgehead atoms. The first-order chi connectivity index (χ1) is 9.01. The van der Waals surface area contributed by atoms with E-state index in [1.165, 1.54) is 0 Å². The van der Waals surface area contributed by atoms with E-state index in [9.17, 15) is 5.11 Å². The molecule has 0 amide bonds. The number of ether oxygens (including phenoxy) is 1. The van der Waals surface area contributed by atoms with Crippen molar-refractivity contribution in [1.82, 2.24) is 0 Å². The van der Waals surface area contributed by atoms with Crippen LogP contribution in [0.4, 0.5) is 0 Å². The van der Waals surface area contributed by atoms with E-state index in [0.717, 1.165) is 0 Å². The molecule has 0 aromatic heterocycles. The molecular formula is C13H27N3O3Si. The highest BCUT2D eigenvalue weighted by molar-refractivity contribution is 6.74. The zero-order valence-corrected chi connectivity index (χ0v) is 14.5. The van der Waals surface area contributed by atoms with Gasteiger partial charge in [-0.25, -0.2) is 0 Å². The highest BCUT2D eigenvalue weighted by Gasteiger charge is 2.47. The van der Waals surface area contributed by atoms with E-state index in [0.29, 0.717) is 0 Å². The maximum Gasteiger partial charge on any atom is 0.192 e. The molecule has 6 nitrogen and oxygen atoms in total. The Morgan fingerprint density at radius 2 is 1.80 bits per heavy atom. The van der Waals surface area contributed by atoms with Crippen LogP contribution in [0, 0.1) is 0 Å². The number of azide groups is 1. The van der Waals surface area contributed by atoms with Gasteiger partial charge in [-0.15, -0.1) is 0 Å². The Hall–Kier alpha value is -0.593. The molecular weight excluding hydrogens is 274 g/mol. The number of rotatable bonds is 3. The summed E-state index contributed by atoms with van der Waals surface area (Å²) in [5.74, 6) is 0. The predicted molar refractivity (Wildman–Crippen MR) is 81.0 cm³/mol. The summed E-state index contributed by atoms with van der Waals surface area (Å²) in [4.78, 5) is 2.87. The van der Waals surface area contributed by atoms with E-state index in [1.54, 1.807) is 6.92 Å². The molecule has 0 aliphatic carbocycles. The Bertz CT molecular complexity index is 391. The Morgan fingerprint density at radius 3 is 2.25 bits per heavy atom. The van der Waals surface area contributed by atoms with Crippen LogP contribution < -0.4 is 0 Å². The average molecular weight is 301 g/mol. The van der Waals surface area contributed by atoms with Gasteiger partial charge in [0.25, 0.3) is 0 Å². The Kier molecular flexibility index (Phi) is 5.27. The van der Waals surface area contributed by atoms with E-state index in [2.05, 4.69) is 43.9 Å². The second kappa shape index (κ2) is 6.03. The van der Waals surface area contributed by atoms with E-state index >= 15 is 0 Å². The lowest BCUT2D eigenvalue weighted by Crippen LogP contribution is -2.59. The van der Waals surface area contributed by atoms with Crippen molar-refractivity contribution in [3.8, 4) is 0 Å². The molecule has 0 radical (unpaired) electrons. The SMILES string of the molecule is C[C@@H]1O[C@H](C)[C@@H](O[Si](C)(C)C(C)(C)C)[C@H](N=[N+]=[N-])[C@H]1O. The lowest BCUT2D eigenvalue weighted by molar-refractivity contribution is -0.161. The van der Waals surface area contributed by atoms with E-state index in [4.69, 9.17) is 14.7 Å². The third kappa shape index (κ3) is 3.54. The predicted octanol–water partition coefficient (Wildman–Crippen LogP) is 3.22. The van der Waals surface area contributed by atoms with Gasteiger partial charge in [0.05, 0.1) is 30.5 Å². The van der Waals surface area contributed by atoms with Crippen LogP contribution in [0.25, 0.3) is 10.4 Å². The van der Waals surface area contributed by atoms with Crippen molar-refractivity contribution in [2.45, 2.75) is 83.2 Å². The third-order valence-corrected chi connectivity index (χ3v) is 8.96. The molecule has 1 aliphatic heterocycles. The number of nitrogens with zero attached hydrogens (tertiary/aromatic N) is 3. The summed E-state index contributed by atoms with van der Waals surface area (Å²) < 4.78 is 12.0. The van der Waals surface area contributed by atoms with Gasteiger partial charge in [-0.1, -0.05) is 25.9 Å². The van der Waals surface area contributed by atoms with Gasteiger partial charge in [-0.3, -0.25) is 0 Å². The summed E-state index contributed by atoms with van der Waals surface area (Å²) in [5, 5.41) is 14.0. The highest BCUT2D eigenvalue weighted by atomic mass is 28.4. The van der Waals surface area contributed by atoms with E-state index < -0.39 is 26.6 Å².